The first-order valence-corrected chi connectivity index (χ1v) is 8.97. The molecule has 1 saturated heterocycles. The number of halogens is 2. The Hall–Kier alpha value is -2.60. The summed E-state index contributed by atoms with van der Waals surface area (Å²) in [6, 6.07) is 12.0. The van der Waals surface area contributed by atoms with Gasteiger partial charge in [0.2, 0.25) is 0 Å². The van der Waals surface area contributed by atoms with Crippen LogP contribution >= 0.6 is 11.6 Å². The summed E-state index contributed by atoms with van der Waals surface area (Å²) in [6.07, 6.45) is 0.392. The van der Waals surface area contributed by atoms with Gasteiger partial charge in [0.25, 0.3) is 0 Å². The van der Waals surface area contributed by atoms with E-state index >= 15 is 0 Å². The van der Waals surface area contributed by atoms with Gasteiger partial charge in [0, 0.05) is 18.1 Å². The second kappa shape index (κ2) is 7.56. The summed E-state index contributed by atoms with van der Waals surface area (Å²) in [5.41, 5.74) is 0.407. The molecule has 142 valence electrons. The van der Waals surface area contributed by atoms with Crippen LogP contribution in [0.2, 0.25) is 5.02 Å². The van der Waals surface area contributed by atoms with Gasteiger partial charge in [-0.05, 0) is 42.7 Å². The van der Waals surface area contributed by atoms with Crippen LogP contribution in [0.1, 0.15) is 30.5 Å². The van der Waals surface area contributed by atoms with Crippen LogP contribution in [0.3, 0.4) is 0 Å². The average Bonchev–Trinajstić information content (AvgIpc) is 3.05. The Labute approximate surface area is 161 Å². The molecule has 0 spiro atoms. The molecule has 0 saturated carbocycles. The minimum absolute atomic E-state index is 0.132. The number of carbonyl (C=O) groups is 2. The molecule has 3 rings (SSSR count). The normalized spacial score (nSPS) is 20.3. The van der Waals surface area contributed by atoms with Crippen LogP contribution in [0.15, 0.2) is 48.5 Å². The predicted octanol–water partition coefficient (Wildman–Crippen LogP) is 4.07. The number of carboxylic acid groups (broad SMARTS) is 1. The maximum Gasteiger partial charge on any atom is 0.318 e. The van der Waals surface area contributed by atoms with E-state index in [2.05, 4.69) is 5.32 Å². The molecule has 27 heavy (non-hydrogen) atoms. The highest BCUT2D eigenvalue weighted by Gasteiger charge is 2.42. The highest BCUT2D eigenvalue weighted by atomic mass is 35.5. The van der Waals surface area contributed by atoms with Gasteiger partial charge >= 0.3 is 12.0 Å². The van der Waals surface area contributed by atoms with Gasteiger partial charge in [-0.25, -0.2) is 9.18 Å². The van der Waals surface area contributed by atoms with E-state index in [1.807, 2.05) is 0 Å². The van der Waals surface area contributed by atoms with Gasteiger partial charge in [-0.3, -0.25) is 4.79 Å². The number of nitrogens with one attached hydrogen (secondary N) is 1. The molecule has 1 aliphatic rings. The fourth-order valence-electron chi connectivity index (χ4n) is 3.23. The first kappa shape index (κ1) is 19.2. The lowest BCUT2D eigenvalue weighted by Crippen LogP contribution is -2.42. The van der Waals surface area contributed by atoms with E-state index in [-0.39, 0.29) is 18.4 Å². The standard InChI is InChI=1S/C20H20ClFN2O3/c1-20(18(25)26)10-11-24(12-20)19(27)23-17(13-6-8-14(22)9-7-13)15-4-2-3-5-16(15)21/h2-9,17H,10-12H2,1H3,(H,23,27)(H,25,26). The second-order valence-electron chi connectivity index (χ2n) is 6.99. The van der Waals surface area contributed by atoms with Crippen LogP contribution in [0.4, 0.5) is 9.18 Å². The lowest BCUT2D eigenvalue weighted by Gasteiger charge is -2.26. The van der Waals surface area contributed by atoms with Crippen molar-refractivity contribution in [2.75, 3.05) is 13.1 Å². The minimum atomic E-state index is -0.951. The van der Waals surface area contributed by atoms with Crippen molar-refractivity contribution < 1.29 is 19.1 Å². The third-order valence-corrected chi connectivity index (χ3v) is 5.31. The van der Waals surface area contributed by atoms with E-state index in [9.17, 15) is 19.1 Å². The highest BCUT2D eigenvalue weighted by molar-refractivity contribution is 6.31. The van der Waals surface area contributed by atoms with Crippen molar-refractivity contribution in [3.05, 3.63) is 70.5 Å². The Morgan fingerprint density at radius 2 is 1.89 bits per heavy atom. The quantitative estimate of drug-likeness (QED) is 0.826. The molecule has 0 radical (unpaired) electrons. The fourth-order valence-corrected chi connectivity index (χ4v) is 3.47. The van der Waals surface area contributed by atoms with E-state index in [0.717, 1.165) is 0 Å². The van der Waals surface area contributed by atoms with Crippen molar-refractivity contribution >= 4 is 23.6 Å². The monoisotopic (exact) mass is 390 g/mol. The van der Waals surface area contributed by atoms with Gasteiger partial charge in [0.15, 0.2) is 0 Å². The number of benzene rings is 2. The van der Waals surface area contributed by atoms with Crippen molar-refractivity contribution in [2.45, 2.75) is 19.4 Å². The lowest BCUT2D eigenvalue weighted by atomic mass is 9.90. The largest absolute Gasteiger partial charge is 0.481 e. The van der Waals surface area contributed by atoms with E-state index in [0.29, 0.717) is 29.1 Å². The number of aliphatic carboxylic acids is 1. The van der Waals surface area contributed by atoms with Gasteiger partial charge in [-0.15, -0.1) is 0 Å². The number of urea groups is 1. The van der Waals surface area contributed by atoms with Gasteiger partial charge in [0.1, 0.15) is 5.82 Å². The first-order chi connectivity index (χ1) is 12.8. The summed E-state index contributed by atoms with van der Waals surface area (Å²) < 4.78 is 13.3. The molecule has 1 heterocycles. The summed E-state index contributed by atoms with van der Waals surface area (Å²) in [7, 11) is 0. The highest BCUT2D eigenvalue weighted by Crippen LogP contribution is 2.32. The zero-order valence-corrected chi connectivity index (χ0v) is 15.5. The Balaban J connectivity index is 1.86. The van der Waals surface area contributed by atoms with Crippen LogP contribution < -0.4 is 5.32 Å². The number of amides is 2. The Morgan fingerprint density at radius 3 is 2.48 bits per heavy atom. The Kier molecular flexibility index (Phi) is 5.37. The summed E-state index contributed by atoms with van der Waals surface area (Å²) in [6.45, 7) is 2.12. The van der Waals surface area contributed by atoms with E-state index < -0.39 is 17.4 Å². The molecule has 0 bridgehead atoms. The fraction of sp³-hybridized carbons (Fsp3) is 0.300. The van der Waals surface area contributed by atoms with Gasteiger partial charge in [0.05, 0.1) is 11.5 Å². The minimum Gasteiger partial charge on any atom is -0.481 e. The average molecular weight is 391 g/mol. The zero-order valence-electron chi connectivity index (χ0n) is 14.8. The molecule has 5 nitrogen and oxygen atoms in total. The van der Waals surface area contributed by atoms with Crippen molar-refractivity contribution in [3.8, 4) is 0 Å². The molecule has 0 aromatic heterocycles. The molecule has 1 fully saturated rings. The summed E-state index contributed by atoms with van der Waals surface area (Å²) in [5, 5.41) is 12.8. The van der Waals surface area contributed by atoms with Crippen molar-refractivity contribution in [1.82, 2.24) is 10.2 Å². The SMILES string of the molecule is CC1(C(=O)O)CCN(C(=O)NC(c2ccc(F)cc2)c2ccccc2Cl)C1. The molecule has 2 N–H and O–H groups in total. The molecule has 2 aromatic carbocycles. The number of likely N-dealkylation sites (tertiary alicyclic amines) is 1. The van der Waals surface area contributed by atoms with Gasteiger partial charge in [-0.1, -0.05) is 41.9 Å². The number of carbonyl (C=O) groups excluding carboxylic acids is 1. The van der Waals surface area contributed by atoms with E-state index in [1.165, 1.54) is 17.0 Å². The van der Waals surface area contributed by atoms with Crippen LogP contribution in [0.25, 0.3) is 0 Å². The number of hydrogen-bond acceptors (Lipinski definition) is 2. The first-order valence-electron chi connectivity index (χ1n) is 8.59. The predicted molar refractivity (Wildman–Crippen MR) is 100 cm³/mol. The molecule has 1 aliphatic heterocycles. The van der Waals surface area contributed by atoms with E-state index in [1.54, 1.807) is 43.3 Å². The Bertz CT molecular complexity index is 859. The molecule has 2 aromatic rings. The zero-order chi connectivity index (χ0) is 19.6. The van der Waals surface area contributed by atoms with Gasteiger partial charge < -0.3 is 15.3 Å². The third-order valence-electron chi connectivity index (χ3n) is 4.96. The molecular formula is C20H20ClFN2O3. The maximum absolute atomic E-state index is 13.3. The van der Waals surface area contributed by atoms with Crippen molar-refractivity contribution in [1.29, 1.82) is 0 Å². The molecular weight excluding hydrogens is 371 g/mol. The number of rotatable bonds is 4. The second-order valence-corrected chi connectivity index (χ2v) is 7.40. The molecule has 2 amide bonds. The lowest BCUT2D eigenvalue weighted by molar-refractivity contribution is -0.147. The smallest absolute Gasteiger partial charge is 0.318 e. The number of nitrogens with zero attached hydrogens (tertiary/aromatic N) is 1. The van der Waals surface area contributed by atoms with Crippen LogP contribution in [-0.4, -0.2) is 35.1 Å². The Morgan fingerprint density at radius 1 is 1.22 bits per heavy atom. The topological polar surface area (TPSA) is 69.6 Å². The third kappa shape index (κ3) is 4.06. The van der Waals surface area contributed by atoms with Crippen molar-refractivity contribution in [2.24, 2.45) is 5.41 Å². The van der Waals surface area contributed by atoms with Gasteiger partial charge in [-0.2, -0.15) is 0 Å². The number of carboxylic acids is 1. The molecule has 7 heteroatoms. The maximum atomic E-state index is 13.3. The summed E-state index contributed by atoms with van der Waals surface area (Å²) in [5.74, 6) is -1.29. The van der Waals surface area contributed by atoms with E-state index in [4.69, 9.17) is 11.6 Å². The van der Waals surface area contributed by atoms with Crippen molar-refractivity contribution in [3.63, 3.8) is 0 Å². The number of hydrogen-bond donors (Lipinski definition) is 2. The van der Waals surface area contributed by atoms with Crippen LogP contribution in [-0.2, 0) is 4.79 Å². The molecule has 2 atom stereocenters. The van der Waals surface area contributed by atoms with Crippen LogP contribution in [0, 0.1) is 11.2 Å². The molecule has 2 unspecified atom stereocenters. The molecule has 0 aliphatic carbocycles. The van der Waals surface area contributed by atoms with Crippen LogP contribution in [0.5, 0.6) is 0 Å². The summed E-state index contributed by atoms with van der Waals surface area (Å²) >= 11 is 6.31. The summed E-state index contributed by atoms with van der Waals surface area (Å²) in [4.78, 5) is 25.7.